The molecule has 5 heteroatoms. The molecule has 1 spiro atoms. The molecule has 0 aromatic heterocycles. The smallest absolute Gasteiger partial charge is 0.244 e. The molecule has 2 heterocycles. The third-order valence-corrected chi connectivity index (χ3v) is 5.80. The topological polar surface area (TPSA) is 52.7 Å². The minimum Gasteiger partial charge on any atom is -0.342 e. The summed E-state index contributed by atoms with van der Waals surface area (Å²) < 4.78 is 0. The molecule has 0 unspecified atom stereocenters. The number of amides is 2. The van der Waals surface area contributed by atoms with Crippen LogP contribution in [-0.4, -0.2) is 54.8 Å². The largest absolute Gasteiger partial charge is 0.342 e. The quantitative estimate of drug-likeness (QED) is 0.881. The number of likely N-dealkylation sites (tertiary alicyclic amines) is 2. The van der Waals surface area contributed by atoms with Gasteiger partial charge in [-0.3, -0.25) is 9.59 Å². The molecular formula is C21H31N3O2. The van der Waals surface area contributed by atoms with Gasteiger partial charge < -0.3 is 15.1 Å². The molecule has 2 aliphatic heterocycles. The average molecular weight is 357 g/mol. The number of hydrogen-bond acceptors (Lipinski definition) is 3. The minimum atomic E-state index is -0.298. The van der Waals surface area contributed by atoms with E-state index in [1.165, 1.54) is 0 Å². The van der Waals surface area contributed by atoms with E-state index in [0.29, 0.717) is 12.3 Å². The first kappa shape index (κ1) is 18.9. The number of carbonyl (C=O) groups excluding carboxylic acids is 2. The van der Waals surface area contributed by atoms with Crippen LogP contribution >= 0.6 is 0 Å². The lowest BCUT2D eigenvalue weighted by Gasteiger charge is -2.40. The van der Waals surface area contributed by atoms with Crippen molar-refractivity contribution in [2.75, 3.05) is 33.2 Å². The van der Waals surface area contributed by atoms with Crippen LogP contribution in [0.1, 0.15) is 44.7 Å². The van der Waals surface area contributed by atoms with Crippen molar-refractivity contribution in [3.05, 3.63) is 35.9 Å². The lowest BCUT2D eigenvalue weighted by atomic mass is 9.77. The second-order valence-electron chi connectivity index (χ2n) is 8.30. The van der Waals surface area contributed by atoms with Crippen molar-refractivity contribution in [2.45, 2.75) is 39.2 Å². The maximum Gasteiger partial charge on any atom is 0.244 e. The molecule has 2 amide bonds. The van der Waals surface area contributed by atoms with E-state index in [-0.39, 0.29) is 23.3 Å². The van der Waals surface area contributed by atoms with Gasteiger partial charge in [0.05, 0.1) is 0 Å². The van der Waals surface area contributed by atoms with Crippen molar-refractivity contribution in [1.82, 2.24) is 15.1 Å². The fourth-order valence-corrected chi connectivity index (χ4v) is 4.39. The highest BCUT2D eigenvalue weighted by Crippen LogP contribution is 2.41. The van der Waals surface area contributed by atoms with Gasteiger partial charge in [-0.05, 0) is 31.4 Å². The van der Waals surface area contributed by atoms with E-state index in [1.54, 1.807) is 0 Å². The molecule has 3 rings (SSSR count). The molecule has 142 valence electrons. The third-order valence-electron chi connectivity index (χ3n) is 5.80. The molecule has 2 aliphatic rings. The number of nitrogens with one attached hydrogen (secondary N) is 1. The fraction of sp³-hybridized carbons (Fsp3) is 0.619. The molecular weight excluding hydrogens is 326 g/mol. The Morgan fingerprint density at radius 2 is 1.85 bits per heavy atom. The highest BCUT2D eigenvalue weighted by molar-refractivity contribution is 5.83. The molecule has 2 fully saturated rings. The van der Waals surface area contributed by atoms with E-state index in [0.717, 1.165) is 44.6 Å². The summed E-state index contributed by atoms with van der Waals surface area (Å²) in [5, 5.41) is 3.16. The molecule has 5 nitrogen and oxygen atoms in total. The number of rotatable bonds is 5. The van der Waals surface area contributed by atoms with E-state index in [2.05, 4.69) is 19.2 Å². The minimum absolute atomic E-state index is 0.0740. The van der Waals surface area contributed by atoms with E-state index < -0.39 is 0 Å². The Hall–Kier alpha value is -1.88. The molecule has 26 heavy (non-hydrogen) atoms. The number of nitrogens with zero attached hydrogens (tertiary/aromatic N) is 2. The van der Waals surface area contributed by atoms with Gasteiger partial charge in [0.15, 0.2) is 0 Å². The Bertz CT molecular complexity index is 636. The van der Waals surface area contributed by atoms with Crippen LogP contribution in [-0.2, 0) is 9.59 Å². The van der Waals surface area contributed by atoms with Crippen LogP contribution < -0.4 is 5.32 Å². The zero-order valence-corrected chi connectivity index (χ0v) is 16.2. The van der Waals surface area contributed by atoms with Gasteiger partial charge in [0.1, 0.15) is 6.04 Å². The number of piperidine rings is 1. The van der Waals surface area contributed by atoms with Crippen molar-refractivity contribution < 1.29 is 9.59 Å². The molecule has 0 aliphatic carbocycles. The van der Waals surface area contributed by atoms with Crippen molar-refractivity contribution in [1.29, 1.82) is 0 Å². The molecule has 0 saturated carbocycles. The summed E-state index contributed by atoms with van der Waals surface area (Å²) in [5.74, 6) is 0.922. The summed E-state index contributed by atoms with van der Waals surface area (Å²) in [4.78, 5) is 29.4. The Kier molecular flexibility index (Phi) is 5.66. The average Bonchev–Trinajstić information content (AvgIpc) is 2.91. The van der Waals surface area contributed by atoms with Gasteiger partial charge in [-0.15, -0.1) is 0 Å². The number of hydrogen-bond donors (Lipinski definition) is 1. The molecule has 1 N–H and O–H groups in total. The SMILES string of the molecule is CN[C@H](C(=O)N1CCC2(CC1)CC(=O)N(CC(C)C)C2)c1ccccc1. The maximum atomic E-state index is 13.0. The van der Waals surface area contributed by atoms with Gasteiger partial charge in [0.25, 0.3) is 0 Å². The summed E-state index contributed by atoms with van der Waals surface area (Å²) >= 11 is 0. The van der Waals surface area contributed by atoms with E-state index in [9.17, 15) is 9.59 Å². The van der Waals surface area contributed by atoms with Crippen molar-refractivity contribution in [3.8, 4) is 0 Å². The van der Waals surface area contributed by atoms with Crippen LogP contribution in [0.5, 0.6) is 0 Å². The summed E-state index contributed by atoms with van der Waals surface area (Å²) in [6, 6.07) is 9.57. The van der Waals surface area contributed by atoms with E-state index >= 15 is 0 Å². The van der Waals surface area contributed by atoms with Gasteiger partial charge in [-0.25, -0.2) is 0 Å². The maximum absolute atomic E-state index is 13.0. The Morgan fingerprint density at radius 3 is 2.42 bits per heavy atom. The normalized spacial score (nSPS) is 20.8. The predicted octanol–water partition coefficient (Wildman–Crippen LogP) is 2.44. The predicted molar refractivity (Wildman–Crippen MR) is 103 cm³/mol. The molecule has 2 saturated heterocycles. The van der Waals surface area contributed by atoms with Gasteiger partial charge in [-0.2, -0.15) is 0 Å². The molecule has 0 bridgehead atoms. The number of benzene rings is 1. The summed E-state index contributed by atoms with van der Waals surface area (Å²) in [5.41, 5.74) is 1.07. The van der Waals surface area contributed by atoms with Crippen molar-refractivity contribution in [3.63, 3.8) is 0 Å². The Labute approximate surface area is 156 Å². The first-order valence-electron chi connectivity index (χ1n) is 9.73. The highest BCUT2D eigenvalue weighted by Gasteiger charge is 2.45. The molecule has 1 atom stereocenters. The standard InChI is InChI=1S/C21H31N3O2/c1-16(2)14-24-15-21(13-18(24)25)9-11-23(12-10-21)20(26)19(22-3)17-7-5-4-6-8-17/h4-8,16,19,22H,9-15H2,1-3H3/t19-/m0/s1. The zero-order valence-electron chi connectivity index (χ0n) is 16.2. The first-order chi connectivity index (χ1) is 12.4. The second kappa shape index (κ2) is 7.78. The fourth-order valence-electron chi connectivity index (χ4n) is 4.39. The highest BCUT2D eigenvalue weighted by atomic mass is 16.2. The van der Waals surface area contributed by atoms with Crippen LogP contribution in [0.3, 0.4) is 0 Å². The van der Waals surface area contributed by atoms with Gasteiger partial charge in [-0.1, -0.05) is 44.2 Å². The lowest BCUT2D eigenvalue weighted by molar-refractivity contribution is -0.135. The van der Waals surface area contributed by atoms with Gasteiger partial charge in [0, 0.05) is 38.0 Å². The number of likely N-dealkylation sites (N-methyl/N-ethyl adjacent to an activating group) is 1. The molecule has 0 radical (unpaired) electrons. The molecule has 1 aromatic rings. The van der Waals surface area contributed by atoms with Gasteiger partial charge in [0.2, 0.25) is 11.8 Å². The van der Waals surface area contributed by atoms with Crippen LogP contribution in [0.4, 0.5) is 0 Å². The van der Waals surface area contributed by atoms with Crippen LogP contribution in [0.15, 0.2) is 30.3 Å². The zero-order chi connectivity index (χ0) is 18.7. The summed E-state index contributed by atoms with van der Waals surface area (Å²) in [6.45, 7) is 7.50. The van der Waals surface area contributed by atoms with Crippen molar-refractivity contribution in [2.24, 2.45) is 11.3 Å². The Balaban J connectivity index is 1.61. The number of carbonyl (C=O) groups is 2. The summed E-state index contributed by atoms with van der Waals surface area (Å²) in [6.07, 6.45) is 2.49. The van der Waals surface area contributed by atoms with Crippen LogP contribution in [0.25, 0.3) is 0 Å². The second-order valence-corrected chi connectivity index (χ2v) is 8.30. The summed E-state index contributed by atoms with van der Waals surface area (Å²) in [7, 11) is 1.83. The third kappa shape index (κ3) is 3.93. The van der Waals surface area contributed by atoms with E-state index in [4.69, 9.17) is 0 Å². The van der Waals surface area contributed by atoms with Gasteiger partial charge >= 0.3 is 0 Å². The van der Waals surface area contributed by atoms with E-state index in [1.807, 2.05) is 47.2 Å². The van der Waals surface area contributed by atoms with Crippen LogP contribution in [0, 0.1) is 11.3 Å². The first-order valence-corrected chi connectivity index (χ1v) is 9.73. The Morgan fingerprint density at radius 1 is 1.19 bits per heavy atom. The molecule has 1 aromatic carbocycles. The van der Waals surface area contributed by atoms with Crippen LogP contribution in [0.2, 0.25) is 0 Å². The monoisotopic (exact) mass is 357 g/mol. The van der Waals surface area contributed by atoms with Crippen molar-refractivity contribution >= 4 is 11.8 Å². The lowest BCUT2D eigenvalue weighted by Crippen LogP contribution is -2.47.